The van der Waals surface area contributed by atoms with Crippen molar-refractivity contribution in [3.05, 3.63) is 33.4 Å². The summed E-state index contributed by atoms with van der Waals surface area (Å²) in [6.45, 7) is 0.222. The molecule has 0 spiro atoms. The number of hydrogen-bond donors (Lipinski definition) is 1. The second-order valence-corrected chi connectivity index (χ2v) is 6.45. The fraction of sp³-hybridized carbons (Fsp3) is 0.300. The molecule has 0 saturated carbocycles. The average Bonchev–Trinajstić information content (AvgIpc) is 2.34. The summed E-state index contributed by atoms with van der Waals surface area (Å²) in [6, 6.07) is 1.49. The molecule has 1 rings (SSSR count). The molecule has 1 N–H and O–H groups in total. The van der Waals surface area contributed by atoms with E-state index in [2.05, 4.69) is 0 Å². The van der Waals surface area contributed by atoms with Crippen LogP contribution < -0.4 is 5.32 Å². The molecule has 0 unspecified atom stereocenters. The van der Waals surface area contributed by atoms with E-state index in [1.807, 2.05) is 5.32 Å². The van der Waals surface area contributed by atoms with Crippen molar-refractivity contribution in [2.75, 3.05) is 6.54 Å². The van der Waals surface area contributed by atoms with Crippen LogP contribution in [0.4, 0.5) is 14.5 Å². The van der Waals surface area contributed by atoms with Crippen LogP contribution in [-0.2, 0) is 9.05 Å². The van der Waals surface area contributed by atoms with Crippen molar-refractivity contribution < 1.29 is 26.9 Å². The van der Waals surface area contributed by atoms with Gasteiger partial charge < -0.3 is 5.32 Å². The maximum absolute atomic E-state index is 12.0. The molecule has 0 aliphatic carbocycles. The predicted molar refractivity (Wildman–Crippen MR) is 69.2 cm³/mol. The van der Waals surface area contributed by atoms with Gasteiger partial charge in [0.15, 0.2) is 0 Å². The van der Waals surface area contributed by atoms with Crippen molar-refractivity contribution in [3.63, 3.8) is 0 Å². The molecule has 0 fully saturated rings. The zero-order valence-corrected chi connectivity index (χ0v) is 12.0. The summed E-state index contributed by atoms with van der Waals surface area (Å²) in [5.74, 6) is -1.06. The number of rotatable bonds is 5. The average molecular weight is 343 g/mol. The highest BCUT2D eigenvalue weighted by molar-refractivity contribution is 8.13. The molecule has 1 aromatic carbocycles. The van der Waals surface area contributed by atoms with E-state index in [9.17, 15) is 32.1 Å². The number of hydrogen-bond acceptors (Lipinski definition) is 5. The Morgan fingerprint density at radius 2 is 2.05 bits per heavy atom. The summed E-state index contributed by atoms with van der Waals surface area (Å²) >= 11 is 0. The van der Waals surface area contributed by atoms with Gasteiger partial charge in [0.05, 0.1) is 21.9 Å². The zero-order valence-electron chi connectivity index (χ0n) is 10.5. The minimum Gasteiger partial charge on any atom is -0.346 e. The topological polar surface area (TPSA) is 106 Å². The maximum Gasteiger partial charge on any atom is 0.271 e. The van der Waals surface area contributed by atoms with Gasteiger partial charge in [-0.25, -0.2) is 17.2 Å². The van der Waals surface area contributed by atoms with Gasteiger partial charge in [-0.2, -0.15) is 0 Å². The number of non-ortho nitro benzene ring substituents is 1. The first-order chi connectivity index (χ1) is 9.54. The van der Waals surface area contributed by atoms with Crippen LogP contribution >= 0.6 is 10.7 Å². The minimum atomic E-state index is -4.34. The van der Waals surface area contributed by atoms with E-state index in [0.717, 1.165) is 6.07 Å². The first-order valence-corrected chi connectivity index (χ1v) is 7.65. The van der Waals surface area contributed by atoms with E-state index in [1.54, 1.807) is 0 Å². The van der Waals surface area contributed by atoms with Crippen molar-refractivity contribution in [3.8, 4) is 0 Å². The highest BCUT2D eigenvalue weighted by atomic mass is 35.7. The van der Waals surface area contributed by atoms with Crippen LogP contribution in [0.25, 0.3) is 0 Å². The number of nitro benzene ring substituents is 1. The third-order valence-electron chi connectivity index (χ3n) is 2.48. The number of nitro groups is 1. The van der Waals surface area contributed by atoms with Crippen molar-refractivity contribution in [2.45, 2.75) is 18.2 Å². The molecule has 0 aliphatic heterocycles. The van der Waals surface area contributed by atoms with Crippen LogP contribution in [0.2, 0.25) is 0 Å². The summed E-state index contributed by atoms with van der Waals surface area (Å²) in [6.07, 6.45) is -2.82. The van der Waals surface area contributed by atoms with Gasteiger partial charge in [-0.15, -0.1) is 0 Å². The molecule has 7 nitrogen and oxygen atoms in total. The molecule has 116 valence electrons. The largest absolute Gasteiger partial charge is 0.346 e. The van der Waals surface area contributed by atoms with Crippen molar-refractivity contribution in [1.82, 2.24) is 5.32 Å². The Balaban J connectivity index is 3.41. The van der Waals surface area contributed by atoms with Gasteiger partial charge >= 0.3 is 0 Å². The fourth-order valence-electron chi connectivity index (χ4n) is 1.53. The van der Waals surface area contributed by atoms with E-state index in [4.69, 9.17) is 10.7 Å². The molecule has 0 heterocycles. The molecule has 0 radical (unpaired) electrons. The highest BCUT2D eigenvalue weighted by Gasteiger charge is 2.24. The van der Waals surface area contributed by atoms with Gasteiger partial charge in [0.2, 0.25) is 0 Å². The van der Waals surface area contributed by atoms with Gasteiger partial charge in [0.1, 0.15) is 0 Å². The monoisotopic (exact) mass is 342 g/mol. The number of halogens is 3. The Hall–Kier alpha value is -1.81. The van der Waals surface area contributed by atoms with Crippen LogP contribution in [0.3, 0.4) is 0 Å². The molecule has 0 atom stereocenters. The molecular formula is C10H9ClF2N2O5S. The Bertz CT molecular complexity index is 693. The zero-order chi connectivity index (χ0) is 16.4. The van der Waals surface area contributed by atoms with Crippen molar-refractivity contribution in [1.29, 1.82) is 0 Å². The van der Waals surface area contributed by atoms with Gasteiger partial charge in [-0.1, -0.05) is 0 Å². The maximum atomic E-state index is 12.0. The first kappa shape index (κ1) is 17.2. The van der Waals surface area contributed by atoms with E-state index >= 15 is 0 Å². The molecule has 11 heteroatoms. The summed E-state index contributed by atoms with van der Waals surface area (Å²) in [5, 5.41) is 12.6. The third-order valence-corrected chi connectivity index (χ3v) is 3.93. The molecular weight excluding hydrogens is 334 g/mol. The van der Waals surface area contributed by atoms with Crippen LogP contribution in [0.1, 0.15) is 15.9 Å². The summed E-state index contributed by atoms with van der Waals surface area (Å²) < 4.78 is 46.8. The lowest BCUT2D eigenvalue weighted by Gasteiger charge is -2.10. The van der Waals surface area contributed by atoms with E-state index < -0.39 is 49.0 Å². The number of nitrogens with one attached hydrogen (secondary N) is 1. The number of amides is 1. The minimum absolute atomic E-state index is 0.164. The van der Waals surface area contributed by atoms with Crippen LogP contribution in [0.5, 0.6) is 0 Å². The second-order valence-electron chi connectivity index (χ2n) is 3.91. The van der Waals surface area contributed by atoms with E-state index in [-0.39, 0.29) is 5.56 Å². The van der Waals surface area contributed by atoms with Gasteiger partial charge in [-0.05, 0) is 12.5 Å². The normalized spacial score (nSPS) is 11.5. The third kappa shape index (κ3) is 4.33. The molecule has 21 heavy (non-hydrogen) atoms. The smallest absolute Gasteiger partial charge is 0.271 e. The number of carbonyl (C=O) groups excluding carboxylic acids is 1. The van der Waals surface area contributed by atoms with Crippen molar-refractivity contribution in [2.24, 2.45) is 0 Å². The first-order valence-electron chi connectivity index (χ1n) is 5.34. The van der Waals surface area contributed by atoms with Gasteiger partial charge in [-0.3, -0.25) is 14.9 Å². The van der Waals surface area contributed by atoms with Crippen LogP contribution in [0.15, 0.2) is 17.0 Å². The van der Waals surface area contributed by atoms with E-state index in [1.165, 1.54) is 6.92 Å². The number of alkyl halides is 2. The van der Waals surface area contributed by atoms with E-state index in [0.29, 0.717) is 6.07 Å². The summed E-state index contributed by atoms with van der Waals surface area (Å²) in [4.78, 5) is 20.9. The number of benzene rings is 1. The Kier molecular flexibility index (Phi) is 5.18. The molecule has 0 saturated heterocycles. The predicted octanol–water partition coefficient (Wildman–Crippen LogP) is 1.83. The highest BCUT2D eigenvalue weighted by Crippen LogP contribution is 2.28. The molecule has 0 aliphatic rings. The molecule has 0 aromatic heterocycles. The molecule has 1 amide bonds. The lowest BCUT2D eigenvalue weighted by molar-refractivity contribution is -0.385. The Morgan fingerprint density at radius 3 is 2.48 bits per heavy atom. The Labute approximate surface area is 122 Å². The standard InChI is InChI=1S/C10H9ClF2N2O5S/c1-5-7(10(16)14-4-9(12)13)2-6(15(17)18)3-8(5)21(11,19)20/h2-3,9H,4H2,1H3,(H,14,16). The molecule has 1 aromatic rings. The fourth-order valence-corrected chi connectivity index (χ4v) is 2.75. The van der Waals surface area contributed by atoms with Crippen LogP contribution in [0, 0.1) is 17.0 Å². The summed E-state index contributed by atoms with van der Waals surface area (Å²) in [5.41, 5.74) is -1.27. The second kappa shape index (κ2) is 6.31. The lowest BCUT2D eigenvalue weighted by atomic mass is 10.1. The number of carbonyl (C=O) groups is 1. The van der Waals surface area contributed by atoms with Gasteiger partial charge in [0.25, 0.3) is 27.1 Å². The lowest BCUT2D eigenvalue weighted by Crippen LogP contribution is -2.29. The van der Waals surface area contributed by atoms with Crippen LogP contribution in [-0.4, -0.2) is 32.2 Å². The Morgan fingerprint density at radius 1 is 1.48 bits per heavy atom. The number of nitrogens with zero attached hydrogens (tertiary/aromatic N) is 1. The molecule has 0 bridgehead atoms. The summed E-state index contributed by atoms with van der Waals surface area (Å²) in [7, 11) is 0.805. The quantitative estimate of drug-likeness (QED) is 0.499. The SMILES string of the molecule is Cc1c(C(=O)NCC(F)F)cc([N+](=O)[O-])cc1S(=O)(=O)Cl. The van der Waals surface area contributed by atoms with Crippen molar-refractivity contribution >= 4 is 31.3 Å². The van der Waals surface area contributed by atoms with Gasteiger partial charge in [0, 0.05) is 22.8 Å².